The highest BCUT2D eigenvalue weighted by atomic mass is 15.3. The molecule has 1 saturated heterocycles. The van der Waals surface area contributed by atoms with Crippen molar-refractivity contribution in [3.8, 4) is 0 Å². The van der Waals surface area contributed by atoms with Gasteiger partial charge in [-0.1, -0.05) is 24.6 Å². The molecule has 2 heterocycles. The van der Waals surface area contributed by atoms with E-state index < -0.39 is 0 Å². The molecule has 1 aromatic heterocycles. The molecule has 2 aromatic rings. The van der Waals surface area contributed by atoms with E-state index in [1.807, 2.05) is 12.3 Å². The van der Waals surface area contributed by atoms with Gasteiger partial charge in [-0.25, -0.2) is 0 Å². The van der Waals surface area contributed by atoms with Gasteiger partial charge in [0.25, 0.3) is 0 Å². The first-order valence-corrected chi connectivity index (χ1v) is 7.55. The van der Waals surface area contributed by atoms with Crippen molar-refractivity contribution in [2.75, 3.05) is 32.7 Å². The molecule has 1 fully saturated rings. The Morgan fingerprint density at radius 1 is 1.10 bits per heavy atom. The standard InChI is InChI=1S/C17H23N3/c1-3-19-7-9-20(10-8-19)13-16-12-14(2)11-15-5-4-6-18-17(15)16/h4-6,11-12H,3,7-10,13H2,1-2H3. The molecule has 3 nitrogen and oxygen atoms in total. The molecule has 1 aliphatic rings. The Kier molecular flexibility index (Phi) is 3.99. The van der Waals surface area contributed by atoms with Crippen LogP contribution < -0.4 is 0 Å². The van der Waals surface area contributed by atoms with E-state index in [0.717, 1.165) is 25.2 Å². The van der Waals surface area contributed by atoms with Crippen molar-refractivity contribution >= 4 is 10.9 Å². The van der Waals surface area contributed by atoms with Gasteiger partial charge in [0.1, 0.15) is 0 Å². The van der Waals surface area contributed by atoms with Crippen LogP contribution in [-0.4, -0.2) is 47.5 Å². The number of pyridine rings is 1. The van der Waals surface area contributed by atoms with Crippen LogP contribution in [0.25, 0.3) is 10.9 Å². The fourth-order valence-electron chi connectivity index (χ4n) is 3.06. The predicted molar refractivity (Wildman–Crippen MR) is 83.9 cm³/mol. The van der Waals surface area contributed by atoms with Gasteiger partial charge in [-0.15, -0.1) is 0 Å². The molecule has 3 rings (SSSR count). The summed E-state index contributed by atoms with van der Waals surface area (Å²) in [6.07, 6.45) is 1.90. The summed E-state index contributed by atoms with van der Waals surface area (Å²) in [7, 11) is 0. The van der Waals surface area contributed by atoms with Gasteiger partial charge >= 0.3 is 0 Å². The Hall–Kier alpha value is -1.45. The van der Waals surface area contributed by atoms with Crippen LogP contribution in [-0.2, 0) is 6.54 Å². The smallest absolute Gasteiger partial charge is 0.0747 e. The van der Waals surface area contributed by atoms with Gasteiger partial charge in [-0.2, -0.15) is 0 Å². The molecular formula is C17H23N3. The Morgan fingerprint density at radius 3 is 2.60 bits per heavy atom. The van der Waals surface area contributed by atoms with Gasteiger partial charge in [0.15, 0.2) is 0 Å². The zero-order valence-corrected chi connectivity index (χ0v) is 12.5. The lowest BCUT2D eigenvalue weighted by molar-refractivity contribution is 0.132. The fourth-order valence-corrected chi connectivity index (χ4v) is 3.06. The largest absolute Gasteiger partial charge is 0.301 e. The van der Waals surface area contributed by atoms with Crippen LogP contribution in [0.3, 0.4) is 0 Å². The number of fused-ring (bicyclic) bond motifs is 1. The third-order valence-corrected chi connectivity index (χ3v) is 4.23. The quantitative estimate of drug-likeness (QED) is 0.854. The summed E-state index contributed by atoms with van der Waals surface area (Å²) in [4.78, 5) is 9.65. The molecule has 0 saturated carbocycles. The molecule has 0 aliphatic carbocycles. The van der Waals surface area contributed by atoms with Crippen LogP contribution in [0.2, 0.25) is 0 Å². The van der Waals surface area contributed by atoms with Crippen molar-refractivity contribution in [3.05, 3.63) is 41.6 Å². The number of aryl methyl sites for hydroxylation is 1. The lowest BCUT2D eigenvalue weighted by Crippen LogP contribution is -2.45. The second-order valence-electron chi connectivity index (χ2n) is 5.71. The number of hydrogen-bond acceptors (Lipinski definition) is 3. The van der Waals surface area contributed by atoms with Gasteiger partial charge in [0, 0.05) is 44.3 Å². The maximum Gasteiger partial charge on any atom is 0.0747 e. The molecule has 0 radical (unpaired) electrons. The highest BCUT2D eigenvalue weighted by Crippen LogP contribution is 2.20. The molecule has 20 heavy (non-hydrogen) atoms. The summed E-state index contributed by atoms with van der Waals surface area (Å²) in [5.74, 6) is 0. The SMILES string of the molecule is CCN1CCN(Cc2cc(C)cc3cccnc23)CC1. The summed E-state index contributed by atoms with van der Waals surface area (Å²) in [6, 6.07) is 8.70. The first-order valence-electron chi connectivity index (χ1n) is 7.55. The number of benzene rings is 1. The molecule has 0 atom stereocenters. The minimum Gasteiger partial charge on any atom is -0.301 e. The molecule has 1 aromatic carbocycles. The highest BCUT2D eigenvalue weighted by Gasteiger charge is 2.16. The van der Waals surface area contributed by atoms with Crippen molar-refractivity contribution in [2.45, 2.75) is 20.4 Å². The average Bonchev–Trinajstić information content (AvgIpc) is 2.48. The van der Waals surface area contributed by atoms with Crippen LogP contribution in [0, 0.1) is 6.92 Å². The number of likely N-dealkylation sites (N-methyl/N-ethyl adjacent to an activating group) is 1. The third kappa shape index (κ3) is 2.84. The van der Waals surface area contributed by atoms with Gasteiger partial charge in [-0.3, -0.25) is 9.88 Å². The molecular weight excluding hydrogens is 246 g/mol. The topological polar surface area (TPSA) is 19.4 Å². The summed E-state index contributed by atoms with van der Waals surface area (Å²) < 4.78 is 0. The highest BCUT2D eigenvalue weighted by molar-refractivity contribution is 5.82. The fraction of sp³-hybridized carbons (Fsp3) is 0.471. The lowest BCUT2D eigenvalue weighted by atomic mass is 10.1. The van der Waals surface area contributed by atoms with Crippen molar-refractivity contribution in [2.24, 2.45) is 0 Å². The monoisotopic (exact) mass is 269 g/mol. The first kappa shape index (κ1) is 13.5. The van der Waals surface area contributed by atoms with E-state index in [9.17, 15) is 0 Å². The van der Waals surface area contributed by atoms with E-state index in [0.29, 0.717) is 0 Å². The van der Waals surface area contributed by atoms with Crippen molar-refractivity contribution in [1.29, 1.82) is 0 Å². The average molecular weight is 269 g/mol. The Morgan fingerprint density at radius 2 is 1.85 bits per heavy atom. The summed E-state index contributed by atoms with van der Waals surface area (Å²) in [6.45, 7) is 11.3. The molecule has 0 unspecified atom stereocenters. The second-order valence-corrected chi connectivity index (χ2v) is 5.71. The van der Waals surface area contributed by atoms with Gasteiger partial charge in [0.05, 0.1) is 5.52 Å². The Bertz CT molecular complexity index is 586. The normalized spacial score (nSPS) is 17.7. The second kappa shape index (κ2) is 5.90. The first-order chi connectivity index (χ1) is 9.76. The van der Waals surface area contributed by atoms with Gasteiger partial charge in [-0.05, 0) is 31.2 Å². The minimum absolute atomic E-state index is 1.02. The van der Waals surface area contributed by atoms with Crippen LogP contribution in [0.1, 0.15) is 18.1 Å². The van der Waals surface area contributed by atoms with E-state index in [2.05, 4.69) is 46.8 Å². The van der Waals surface area contributed by atoms with E-state index in [1.165, 1.54) is 36.1 Å². The van der Waals surface area contributed by atoms with Crippen LogP contribution in [0.5, 0.6) is 0 Å². The molecule has 0 amide bonds. The minimum atomic E-state index is 1.02. The summed E-state index contributed by atoms with van der Waals surface area (Å²) in [5.41, 5.74) is 3.86. The molecule has 106 valence electrons. The Labute approximate surface area is 121 Å². The number of piperazine rings is 1. The zero-order valence-electron chi connectivity index (χ0n) is 12.5. The third-order valence-electron chi connectivity index (χ3n) is 4.23. The maximum absolute atomic E-state index is 4.58. The van der Waals surface area contributed by atoms with Crippen molar-refractivity contribution < 1.29 is 0 Å². The number of nitrogens with zero attached hydrogens (tertiary/aromatic N) is 3. The van der Waals surface area contributed by atoms with Gasteiger partial charge < -0.3 is 4.90 Å². The predicted octanol–water partition coefficient (Wildman–Crippen LogP) is 2.68. The summed E-state index contributed by atoms with van der Waals surface area (Å²) >= 11 is 0. The number of hydrogen-bond donors (Lipinski definition) is 0. The van der Waals surface area contributed by atoms with Crippen LogP contribution in [0.15, 0.2) is 30.5 Å². The maximum atomic E-state index is 4.58. The van der Waals surface area contributed by atoms with Gasteiger partial charge in [0.2, 0.25) is 0 Å². The molecule has 0 spiro atoms. The van der Waals surface area contributed by atoms with Crippen LogP contribution >= 0.6 is 0 Å². The van der Waals surface area contributed by atoms with Crippen LogP contribution in [0.4, 0.5) is 0 Å². The number of aromatic nitrogens is 1. The van der Waals surface area contributed by atoms with E-state index in [4.69, 9.17) is 0 Å². The van der Waals surface area contributed by atoms with E-state index in [-0.39, 0.29) is 0 Å². The zero-order chi connectivity index (χ0) is 13.9. The molecule has 0 bridgehead atoms. The van der Waals surface area contributed by atoms with E-state index in [1.54, 1.807) is 0 Å². The molecule has 1 aliphatic heterocycles. The lowest BCUT2D eigenvalue weighted by Gasteiger charge is -2.34. The number of rotatable bonds is 3. The molecule has 3 heteroatoms. The molecule has 0 N–H and O–H groups in total. The van der Waals surface area contributed by atoms with Crippen molar-refractivity contribution in [1.82, 2.24) is 14.8 Å². The van der Waals surface area contributed by atoms with Crippen molar-refractivity contribution in [3.63, 3.8) is 0 Å². The van der Waals surface area contributed by atoms with E-state index >= 15 is 0 Å². The Balaban J connectivity index is 1.81. The summed E-state index contributed by atoms with van der Waals surface area (Å²) in [5, 5.41) is 1.26.